The zero-order valence-electron chi connectivity index (χ0n) is 13.2. The van der Waals surface area contributed by atoms with Crippen molar-refractivity contribution in [3.63, 3.8) is 0 Å². The molecule has 1 N–H and O–H groups in total. The molecule has 24 heavy (non-hydrogen) atoms. The van der Waals surface area contributed by atoms with E-state index in [4.69, 9.17) is 4.74 Å². The van der Waals surface area contributed by atoms with Crippen LogP contribution in [0.4, 0.5) is 0 Å². The van der Waals surface area contributed by atoms with E-state index in [0.29, 0.717) is 18.7 Å². The largest absolute Gasteiger partial charge is 0.376 e. The molecule has 0 spiro atoms. The van der Waals surface area contributed by atoms with E-state index in [9.17, 15) is 14.9 Å². The van der Waals surface area contributed by atoms with Gasteiger partial charge in [0.2, 0.25) is 5.91 Å². The number of hydrogen-bond donors (Lipinski definition) is 1. The Morgan fingerprint density at radius 3 is 2.79 bits per heavy atom. The average molecular weight is 322 g/mol. The molecule has 122 valence electrons. The van der Waals surface area contributed by atoms with Gasteiger partial charge in [-0.25, -0.2) is 0 Å². The summed E-state index contributed by atoms with van der Waals surface area (Å²) in [6.45, 7) is 1.02. The fourth-order valence-corrected chi connectivity index (χ4v) is 2.95. The molecule has 2 aromatic rings. The molecule has 2 atom stereocenters. The Morgan fingerprint density at radius 1 is 1.25 bits per heavy atom. The summed E-state index contributed by atoms with van der Waals surface area (Å²) >= 11 is 0. The molecule has 0 saturated carbocycles. The van der Waals surface area contributed by atoms with Crippen LogP contribution in [0.15, 0.2) is 42.5 Å². The standard InChI is InChI=1S/C19H18N2O3/c20-11-17(19(23)21-12-14-7-4-10-24-14)18(22)16-9-3-6-13-5-1-2-8-15(13)16/h1-3,5-6,8-9,14,17H,4,7,10,12H2,(H,21,23)/t14-,17-/m1/s1. The molecule has 1 aliphatic rings. The van der Waals surface area contributed by atoms with Gasteiger partial charge in [-0.05, 0) is 23.6 Å². The van der Waals surface area contributed by atoms with Crippen molar-refractivity contribution in [2.75, 3.05) is 13.2 Å². The molecule has 0 aromatic heterocycles. The number of nitriles is 1. The predicted octanol–water partition coefficient (Wildman–Crippen LogP) is 2.46. The Kier molecular flexibility index (Phi) is 4.88. The van der Waals surface area contributed by atoms with Crippen LogP contribution in [0, 0.1) is 17.2 Å². The highest BCUT2D eigenvalue weighted by Gasteiger charge is 2.29. The molecule has 1 aliphatic heterocycles. The highest BCUT2D eigenvalue weighted by atomic mass is 16.5. The number of hydrogen-bond acceptors (Lipinski definition) is 4. The number of nitrogens with zero attached hydrogens (tertiary/aromatic N) is 1. The highest BCUT2D eigenvalue weighted by Crippen LogP contribution is 2.21. The molecule has 0 radical (unpaired) electrons. The lowest BCUT2D eigenvalue weighted by molar-refractivity contribution is -0.122. The number of ether oxygens (including phenoxy) is 1. The lowest BCUT2D eigenvalue weighted by Crippen LogP contribution is -2.38. The maximum Gasteiger partial charge on any atom is 0.245 e. The Morgan fingerprint density at radius 2 is 2.04 bits per heavy atom. The van der Waals surface area contributed by atoms with Crippen LogP contribution in [0.25, 0.3) is 10.8 Å². The summed E-state index contributed by atoms with van der Waals surface area (Å²) in [7, 11) is 0. The summed E-state index contributed by atoms with van der Waals surface area (Å²) in [6.07, 6.45) is 1.83. The number of rotatable bonds is 5. The normalized spacial score (nSPS) is 18.0. The van der Waals surface area contributed by atoms with Crippen LogP contribution in [0.2, 0.25) is 0 Å². The number of Topliss-reactive ketones (excluding diaryl/α,β-unsaturated/α-hetero) is 1. The Labute approximate surface area is 140 Å². The Balaban J connectivity index is 1.78. The van der Waals surface area contributed by atoms with E-state index in [2.05, 4.69) is 5.32 Å². The van der Waals surface area contributed by atoms with E-state index in [1.807, 2.05) is 36.4 Å². The number of carbonyl (C=O) groups is 2. The number of amides is 1. The zero-order valence-corrected chi connectivity index (χ0v) is 13.2. The van der Waals surface area contributed by atoms with Gasteiger partial charge >= 0.3 is 0 Å². The molecule has 3 rings (SSSR count). The van der Waals surface area contributed by atoms with Crippen molar-refractivity contribution in [1.82, 2.24) is 5.32 Å². The van der Waals surface area contributed by atoms with Crippen molar-refractivity contribution in [2.45, 2.75) is 18.9 Å². The lowest BCUT2D eigenvalue weighted by Gasteiger charge is -2.14. The zero-order chi connectivity index (χ0) is 16.9. The number of ketones is 1. The van der Waals surface area contributed by atoms with Gasteiger partial charge in [0.1, 0.15) is 0 Å². The van der Waals surface area contributed by atoms with Crippen LogP contribution in [-0.2, 0) is 9.53 Å². The molecule has 1 amide bonds. The molecule has 0 aliphatic carbocycles. The summed E-state index contributed by atoms with van der Waals surface area (Å²) in [6, 6.07) is 14.6. The van der Waals surface area contributed by atoms with Crippen molar-refractivity contribution in [3.05, 3.63) is 48.0 Å². The molecule has 1 fully saturated rings. The number of nitrogens with one attached hydrogen (secondary N) is 1. The third-order valence-corrected chi connectivity index (χ3v) is 4.24. The van der Waals surface area contributed by atoms with Crippen molar-refractivity contribution < 1.29 is 14.3 Å². The van der Waals surface area contributed by atoms with Gasteiger partial charge in [0, 0.05) is 18.7 Å². The van der Waals surface area contributed by atoms with Crippen LogP contribution in [0.5, 0.6) is 0 Å². The molecule has 2 aromatic carbocycles. The second-order valence-corrected chi connectivity index (χ2v) is 5.83. The molecular weight excluding hydrogens is 304 g/mol. The monoisotopic (exact) mass is 322 g/mol. The molecule has 0 unspecified atom stereocenters. The molecular formula is C19H18N2O3. The van der Waals surface area contributed by atoms with Gasteiger partial charge in [0.05, 0.1) is 12.2 Å². The summed E-state index contributed by atoms with van der Waals surface area (Å²) in [4.78, 5) is 25.0. The Bertz CT molecular complexity index is 798. The minimum Gasteiger partial charge on any atom is -0.376 e. The molecule has 1 saturated heterocycles. The van der Waals surface area contributed by atoms with Crippen LogP contribution >= 0.6 is 0 Å². The van der Waals surface area contributed by atoms with Crippen molar-refractivity contribution in [2.24, 2.45) is 5.92 Å². The molecule has 5 heteroatoms. The third kappa shape index (κ3) is 3.29. The van der Waals surface area contributed by atoms with Crippen molar-refractivity contribution in [1.29, 1.82) is 5.26 Å². The van der Waals surface area contributed by atoms with E-state index in [-0.39, 0.29) is 6.10 Å². The van der Waals surface area contributed by atoms with Gasteiger partial charge < -0.3 is 10.1 Å². The quantitative estimate of drug-likeness (QED) is 0.677. The molecule has 1 heterocycles. The topological polar surface area (TPSA) is 79.2 Å². The maximum atomic E-state index is 12.7. The minimum absolute atomic E-state index is 0.0269. The van der Waals surface area contributed by atoms with Crippen molar-refractivity contribution in [3.8, 4) is 6.07 Å². The minimum atomic E-state index is -1.35. The smallest absolute Gasteiger partial charge is 0.245 e. The second kappa shape index (κ2) is 7.24. The fraction of sp³-hybridized carbons (Fsp3) is 0.316. The maximum absolute atomic E-state index is 12.7. The first-order valence-corrected chi connectivity index (χ1v) is 8.01. The number of fused-ring (bicyclic) bond motifs is 1. The summed E-state index contributed by atoms with van der Waals surface area (Å²) in [5, 5.41) is 13.6. The average Bonchev–Trinajstić information content (AvgIpc) is 3.13. The van der Waals surface area contributed by atoms with E-state index < -0.39 is 17.6 Å². The van der Waals surface area contributed by atoms with Crippen LogP contribution in [0.3, 0.4) is 0 Å². The van der Waals surface area contributed by atoms with E-state index >= 15 is 0 Å². The molecule has 5 nitrogen and oxygen atoms in total. The van der Waals surface area contributed by atoms with Crippen LogP contribution < -0.4 is 5.32 Å². The molecule has 0 bridgehead atoms. The number of benzene rings is 2. The third-order valence-electron chi connectivity index (χ3n) is 4.24. The SMILES string of the molecule is N#C[C@@H](C(=O)NC[C@H]1CCCO1)C(=O)c1cccc2ccccc12. The predicted molar refractivity (Wildman–Crippen MR) is 89.4 cm³/mol. The van der Waals surface area contributed by atoms with Gasteiger partial charge in [0.25, 0.3) is 0 Å². The fourth-order valence-electron chi connectivity index (χ4n) is 2.95. The lowest BCUT2D eigenvalue weighted by atomic mass is 9.93. The summed E-state index contributed by atoms with van der Waals surface area (Å²) in [5.41, 5.74) is 0.395. The van der Waals surface area contributed by atoms with E-state index in [1.165, 1.54) is 0 Å². The first-order chi connectivity index (χ1) is 11.7. The van der Waals surface area contributed by atoms with Gasteiger partial charge in [-0.2, -0.15) is 5.26 Å². The first-order valence-electron chi connectivity index (χ1n) is 8.01. The van der Waals surface area contributed by atoms with Gasteiger partial charge in [-0.1, -0.05) is 42.5 Å². The highest BCUT2D eigenvalue weighted by molar-refractivity contribution is 6.17. The van der Waals surface area contributed by atoms with E-state index in [1.54, 1.807) is 12.1 Å². The van der Waals surface area contributed by atoms with Crippen molar-refractivity contribution >= 4 is 22.5 Å². The summed E-state index contributed by atoms with van der Waals surface area (Å²) < 4.78 is 5.44. The second-order valence-electron chi connectivity index (χ2n) is 5.83. The Hall–Kier alpha value is -2.71. The van der Waals surface area contributed by atoms with Gasteiger partial charge in [-0.15, -0.1) is 0 Å². The van der Waals surface area contributed by atoms with Gasteiger partial charge in [0.15, 0.2) is 11.7 Å². The van der Waals surface area contributed by atoms with E-state index in [0.717, 1.165) is 23.6 Å². The number of carbonyl (C=O) groups excluding carboxylic acids is 2. The first kappa shape index (κ1) is 16.2. The van der Waals surface area contributed by atoms with Crippen LogP contribution in [-0.4, -0.2) is 30.9 Å². The van der Waals surface area contributed by atoms with Crippen LogP contribution in [0.1, 0.15) is 23.2 Å². The summed E-state index contributed by atoms with van der Waals surface area (Å²) in [5.74, 6) is -2.39. The van der Waals surface area contributed by atoms with Gasteiger partial charge in [-0.3, -0.25) is 9.59 Å².